The van der Waals surface area contributed by atoms with Crippen molar-refractivity contribution in [2.75, 3.05) is 0 Å². The van der Waals surface area contributed by atoms with E-state index in [1.165, 1.54) is 6.07 Å². The highest BCUT2D eigenvalue weighted by molar-refractivity contribution is 6.42. The van der Waals surface area contributed by atoms with E-state index in [1.807, 2.05) is 0 Å². The summed E-state index contributed by atoms with van der Waals surface area (Å²) in [6.45, 7) is 3.53. The third-order valence-corrected chi connectivity index (χ3v) is 3.80. The predicted molar refractivity (Wildman–Crippen MR) is 80.4 cm³/mol. The summed E-state index contributed by atoms with van der Waals surface area (Å²) in [5, 5.41) is 0.818. The second-order valence-corrected chi connectivity index (χ2v) is 5.60. The molecule has 0 N–H and O–H groups in total. The van der Waals surface area contributed by atoms with Crippen LogP contribution < -0.4 is 0 Å². The van der Waals surface area contributed by atoms with Crippen LogP contribution in [0.5, 0.6) is 0 Å². The summed E-state index contributed by atoms with van der Waals surface area (Å²) in [6, 6.07) is 8.14. The van der Waals surface area contributed by atoms with Gasteiger partial charge in [-0.2, -0.15) is 0 Å². The zero-order valence-electron chi connectivity index (χ0n) is 11.1. The number of benzene rings is 2. The molecule has 4 heteroatoms. The topological polar surface area (TPSA) is 17.1 Å². The highest BCUT2D eigenvalue weighted by Gasteiger charge is 2.16. The van der Waals surface area contributed by atoms with Crippen LogP contribution in [0.15, 0.2) is 30.3 Å². The molecular weight excluding hydrogens is 298 g/mol. The van der Waals surface area contributed by atoms with Gasteiger partial charge in [-0.3, -0.25) is 4.79 Å². The van der Waals surface area contributed by atoms with E-state index in [0.717, 1.165) is 5.56 Å². The third kappa shape index (κ3) is 3.20. The van der Waals surface area contributed by atoms with E-state index in [0.29, 0.717) is 21.2 Å². The van der Waals surface area contributed by atoms with Gasteiger partial charge in [0.1, 0.15) is 5.82 Å². The summed E-state index contributed by atoms with van der Waals surface area (Å²) in [5.74, 6) is -0.744. The molecule has 2 rings (SSSR count). The molecule has 0 unspecified atom stereocenters. The number of ketones is 1. The smallest absolute Gasteiger partial charge is 0.170 e. The number of carbonyl (C=O) groups is 1. The lowest BCUT2D eigenvalue weighted by Crippen LogP contribution is -2.09. The fourth-order valence-corrected chi connectivity index (χ4v) is 2.51. The molecule has 0 aliphatic carbocycles. The molecule has 0 heterocycles. The van der Waals surface area contributed by atoms with E-state index >= 15 is 0 Å². The molecule has 0 radical (unpaired) electrons. The maximum atomic E-state index is 13.9. The van der Waals surface area contributed by atoms with Gasteiger partial charge in [-0.05, 0) is 48.7 Å². The Bertz CT molecular complexity index is 657. The Labute approximate surface area is 127 Å². The first kappa shape index (κ1) is 15.0. The first-order valence-electron chi connectivity index (χ1n) is 6.12. The molecular formula is C16H13Cl2FO. The van der Waals surface area contributed by atoms with Gasteiger partial charge < -0.3 is 0 Å². The maximum Gasteiger partial charge on any atom is 0.170 e. The van der Waals surface area contributed by atoms with E-state index in [1.54, 1.807) is 38.1 Å². The molecule has 0 bridgehead atoms. The average Bonchev–Trinajstić information content (AvgIpc) is 2.32. The molecule has 0 aliphatic heterocycles. The quantitative estimate of drug-likeness (QED) is 0.714. The lowest BCUT2D eigenvalue weighted by molar-refractivity contribution is 0.0988. The molecule has 0 saturated heterocycles. The fraction of sp³-hybridized carbons (Fsp3) is 0.188. The van der Waals surface area contributed by atoms with Crippen molar-refractivity contribution >= 4 is 29.0 Å². The van der Waals surface area contributed by atoms with E-state index < -0.39 is 5.82 Å². The van der Waals surface area contributed by atoms with Gasteiger partial charge in [0.05, 0.1) is 15.6 Å². The lowest BCUT2D eigenvalue weighted by Gasteiger charge is -2.08. The lowest BCUT2D eigenvalue weighted by atomic mass is 9.97. The third-order valence-electron chi connectivity index (χ3n) is 3.06. The summed E-state index contributed by atoms with van der Waals surface area (Å²) < 4.78 is 13.9. The highest BCUT2D eigenvalue weighted by Crippen LogP contribution is 2.24. The second kappa shape index (κ2) is 5.94. The van der Waals surface area contributed by atoms with Crippen LogP contribution in [0, 0.1) is 19.7 Å². The molecule has 0 fully saturated rings. The van der Waals surface area contributed by atoms with Crippen molar-refractivity contribution in [2.45, 2.75) is 20.3 Å². The van der Waals surface area contributed by atoms with Crippen LogP contribution in [0.25, 0.3) is 0 Å². The summed E-state index contributed by atoms with van der Waals surface area (Å²) in [5.41, 5.74) is 2.30. The Hall–Kier alpha value is -1.38. The Morgan fingerprint density at radius 1 is 1.10 bits per heavy atom. The van der Waals surface area contributed by atoms with Crippen molar-refractivity contribution in [3.05, 3.63) is 68.4 Å². The van der Waals surface area contributed by atoms with Crippen LogP contribution in [-0.4, -0.2) is 5.78 Å². The summed E-state index contributed by atoms with van der Waals surface area (Å²) in [6.07, 6.45) is 0.0950. The van der Waals surface area contributed by atoms with Crippen LogP contribution in [0.1, 0.15) is 27.0 Å². The van der Waals surface area contributed by atoms with Crippen molar-refractivity contribution in [1.82, 2.24) is 0 Å². The van der Waals surface area contributed by atoms with Gasteiger partial charge >= 0.3 is 0 Å². The average molecular weight is 311 g/mol. The Morgan fingerprint density at radius 2 is 1.80 bits per heavy atom. The molecule has 104 valence electrons. The van der Waals surface area contributed by atoms with Crippen molar-refractivity contribution in [1.29, 1.82) is 0 Å². The fourth-order valence-electron chi connectivity index (χ4n) is 2.19. The number of carbonyl (C=O) groups excluding carboxylic acids is 1. The Balaban J connectivity index is 2.31. The van der Waals surface area contributed by atoms with Crippen LogP contribution in [0.2, 0.25) is 10.0 Å². The minimum absolute atomic E-state index is 0.0950. The largest absolute Gasteiger partial charge is 0.294 e. The van der Waals surface area contributed by atoms with E-state index in [2.05, 4.69) is 0 Å². The number of hydrogen-bond donors (Lipinski definition) is 0. The maximum absolute atomic E-state index is 13.9. The van der Waals surface area contributed by atoms with Gasteiger partial charge in [-0.1, -0.05) is 35.3 Å². The van der Waals surface area contributed by atoms with Crippen molar-refractivity contribution in [2.24, 2.45) is 0 Å². The minimum atomic E-state index is -0.479. The molecule has 0 aliphatic rings. The summed E-state index contributed by atoms with van der Waals surface area (Å²) in [7, 11) is 0. The minimum Gasteiger partial charge on any atom is -0.294 e. The molecule has 2 aromatic rings. The number of Topliss-reactive ketones (excluding diaryl/α,β-unsaturated/α-hetero) is 1. The Kier molecular flexibility index (Phi) is 4.46. The number of rotatable bonds is 3. The van der Waals surface area contributed by atoms with Crippen molar-refractivity contribution in [3.63, 3.8) is 0 Å². The highest BCUT2D eigenvalue weighted by atomic mass is 35.5. The number of aryl methyl sites for hydroxylation is 2. The second-order valence-electron chi connectivity index (χ2n) is 4.79. The summed E-state index contributed by atoms with van der Waals surface area (Å²) in [4.78, 5) is 12.2. The molecule has 20 heavy (non-hydrogen) atoms. The zero-order chi connectivity index (χ0) is 14.9. The van der Waals surface area contributed by atoms with Gasteiger partial charge in [0.2, 0.25) is 0 Å². The van der Waals surface area contributed by atoms with Crippen molar-refractivity contribution < 1.29 is 9.18 Å². The van der Waals surface area contributed by atoms with Gasteiger partial charge in [0.15, 0.2) is 5.78 Å². The van der Waals surface area contributed by atoms with E-state index in [4.69, 9.17) is 23.2 Å². The molecule has 0 amide bonds. The summed E-state index contributed by atoms with van der Waals surface area (Å²) >= 11 is 11.7. The number of hydrogen-bond acceptors (Lipinski definition) is 1. The van der Waals surface area contributed by atoms with E-state index in [9.17, 15) is 9.18 Å². The predicted octanol–water partition coefficient (Wildman–Crippen LogP) is 5.17. The first-order chi connectivity index (χ1) is 9.38. The zero-order valence-corrected chi connectivity index (χ0v) is 12.6. The van der Waals surface area contributed by atoms with Gasteiger partial charge in [-0.25, -0.2) is 4.39 Å². The molecule has 1 nitrogen and oxygen atoms in total. The van der Waals surface area contributed by atoms with Crippen molar-refractivity contribution in [3.8, 4) is 0 Å². The Morgan fingerprint density at radius 3 is 2.40 bits per heavy atom. The molecule has 2 aromatic carbocycles. The van der Waals surface area contributed by atoms with Crippen LogP contribution in [-0.2, 0) is 6.42 Å². The van der Waals surface area contributed by atoms with Crippen LogP contribution in [0.3, 0.4) is 0 Å². The monoisotopic (exact) mass is 310 g/mol. The van der Waals surface area contributed by atoms with Gasteiger partial charge in [0.25, 0.3) is 0 Å². The SMILES string of the molecule is Cc1cc(C)c(C(=O)Cc2ccc(Cl)c(Cl)c2)c(F)c1. The van der Waals surface area contributed by atoms with Gasteiger partial charge in [-0.15, -0.1) is 0 Å². The molecule has 0 spiro atoms. The molecule has 0 atom stereocenters. The molecule has 0 aromatic heterocycles. The first-order valence-corrected chi connectivity index (χ1v) is 6.88. The van der Waals surface area contributed by atoms with Gasteiger partial charge in [0, 0.05) is 6.42 Å². The van der Waals surface area contributed by atoms with Crippen LogP contribution >= 0.6 is 23.2 Å². The van der Waals surface area contributed by atoms with Crippen LogP contribution in [0.4, 0.5) is 4.39 Å². The molecule has 0 saturated carbocycles. The van der Waals surface area contributed by atoms with E-state index in [-0.39, 0.29) is 17.8 Å². The standard InChI is InChI=1S/C16H13Cl2FO/c1-9-5-10(2)16(14(19)6-9)15(20)8-11-3-4-12(17)13(18)7-11/h3-7H,8H2,1-2H3. The number of halogens is 3. The normalized spacial score (nSPS) is 10.7.